The van der Waals surface area contributed by atoms with Gasteiger partial charge in [-0.05, 0) is 19.1 Å². The molecule has 1 aromatic heterocycles. The van der Waals surface area contributed by atoms with E-state index in [1.807, 2.05) is 0 Å². The Hall–Kier alpha value is -1.91. The van der Waals surface area contributed by atoms with Gasteiger partial charge in [-0.1, -0.05) is 6.07 Å². The van der Waals surface area contributed by atoms with Gasteiger partial charge in [-0.15, -0.1) is 0 Å². The van der Waals surface area contributed by atoms with Crippen molar-refractivity contribution in [1.82, 2.24) is 10.3 Å². The fraction of sp³-hybridized carbons (Fsp3) is 0.300. The van der Waals surface area contributed by atoms with Gasteiger partial charge in [-0.3, -0.25) is 10.1 Å². The van der Waals surface area contributed by atoms with Gasteiger partial charge in [0.2, 0.25) is 0 Å². The molecule has 0 aliphatic rings. The largest absolute Gasteiger partial charge is 0.337 e. The monoisotopic (exact) mass is 207 g/mol. The maximum atomic E-state index is 11.2. The summed E-state index contributed by atoms with van der Waals surface area (Å²) in [5.41, 5.74) is 0. The van der Waals surface area contributed by atoms with Crippen LogP contribution in [0.25, 0.3) is 0 Å². The van der Waals surface area contributed by atoms with Crippen molar-refractivity contribution in [1.29, 1.82) is 0 Å². The molecule has 0 aliphatic heterocycles. The first-order chi connectivity index (χ1) is 7.18. The number of pyridine rings is 1. The number of hydrogen-bond donors (Lipinski definition) is 2. The highest BCUT2D eigenvalue weighted by atomic mass is 16.2. The van der Waals surface area contributed by atoms with Crippen LogP contribution < -0.4 is 10.6 Å². The molecule has 80 valence electrons. The molecule has 1 rings (SSSR count). The Kier molecular flexibility index (Phi) is 4.28. The molecule has 0 aliphatic carbocycles. The van der Waals surface area contributed by atoms with Crippen LogP contribution in [-0.2, 0) is 4.79 Å². The van der Waals surface area contributed by atoms with Crippen molar-refractivity contribution in [2.45, 2.75) is 13.3 Å². The van der Waals surface area contributed by atoms with Crippen molar-refractivity contribution in [3.05, 3.63) is 24.4 Å². The van der Waals surface area contributed by atoms with Crippen LogP contribution in [0.5, 0.6) is 0 Å². The zero-order valence-corrected chi connectivity index (χ0v) is 8.49. The number of rotatable bonds is 4. The summed E-state index contributed by atoms with van der Waals surface area (Å²) in [6.07, 6.45) is 1.93. The number of hydrogen-bond acceptors (Lipinski definition) is 3. The summed E-state index contributed by atoms with van der Waals surface area (Å²) in [4.78, 5) is 25.7. The predicted octanol–water partition coefficient (Wildman–Crippen LogP) is 1.18. The average molecular weight is 207 g/mol. The molecule has 0 unspecified atom stereocenters. The van der Waals surface area contributed by atoms with Crippen LogP contribution in [-0.4, -0.2) is 23.3 Å². The molecule has 2 N–H and O–H groups in total. The van der Waals surface area contributed by atoms with E-state index in [0.29, 0.717) is 18.8 Å². The van der Waals surface area contributed by atoms with Crippen LogP contribution >= 0.6 is 0 Å². The first-order valence-corrected chi connectivity index (χ1v) is 4.64. The fourth-order valence-electron chi connectivity index (χ4n) is 0.949. The van der Waals surface area contributed by atoms with Crippen LogP contribution in [0.3, 0.4) is 0 Å². The second-order valence-electron chi connectivity index (χ2n) is 3.05. The zero-order valence-electron chi connectivity index (χ0n) is 8.49. The normalized spacial score (nSPS) is 9.40. The molecule has 1 aromatic rings. The minimum absolute atomic E-state index is 0.0492. The van der Waals surface area contributed by atoms with Gasteiger partial charge in [0.15, 0.2) is 0 Å². The van der Waals surface area contributed by atoms with E-state index in [4.69, 9.17) is 0 Å². The van der Waals surface area contributed by atoms with Crippen LogP contribution in [0.2, 0.25) is 0 Å². The van der Waals surface area contributed by atoms with Gasteiger partial charge >= 0.3 is 6.03 Å². The van der Waals surface area contributed by atoms with Gasteiger partial charge in [-0.25, -0.2) is 9.78 Å². The Labute approximate surface area is 87.9 Å². The van der Waals surface area contributed by atoms with Crippen molar-refractivity contribution in [2.24, 2.45) is 0 Å². The number of nitrogens with zero attached hydrogens (tertiary/aromatic N) is 1. The maximum Gasteiger partial charge on any atom is 0.320 e. The van der Waals surface area contributed by atoms with E-state index in [1.54, 1.807) is 24.4 Å². The highest BCUT2D eigenvalue weighted by Crippen LogP contribution is 1.98. The summed E-state index contributed by atoms with van der Waals surface area (Å²) in [5, 5.41) is 5.09. The molecular weight excluding hydrogens is 194 g/mol. The summed E-state index contributed by atoms with van der Waals surface area (Å²) < 4.78 is 0. The van der Waals surface area contributed by atoms with Crippen LogP contribution in [0.1, 0.15) is 13.3 Å². The number of ketones is 1. The van der Waals surface area contributed by atoms with Gasteiger partial charge < -0.3 is 5.32 Å². The summed E-state index contributed by atoms with van der Waals surface area (Å²) in [7, 11) is 0. The minimum Gasteiger partial charge on any atom is -0.337 e. The van der Waals surface area contributed by atoms with Gasteiger partial charge in [-0.2, -0.15) is 0 Å². The molecule has 0 fully saturated rings. The van der Waals surface area contributed by atoms with Gasteiger partial charge in [0.1, 0.15) is 11.6 Å². The van der Waals surface area contributed by atoms with Crippen molar-refractivity contribution in [3.63, 3.8) is 0 Å². The average Bonchev–Trinajstić information content (AvgIpc) is 2.18. The molecule has 5 heteroatoms. The topological polar surface area (TPSA) is 71.1 Å². The Morgan fingerprint density at radius 2 is 2.20 bits per heavy atom. The lowest BCUT2D eigenvalue weighted by molar-refractivity contribution is -0.116. The minimum atomic E-state index is -0.352. The number of Topliss-reactive ketones (excluding diaryl/α,β-unsaturated/α-hetero) is 1. The van der Waals surface area contributed by atoms with Crippen molar-refractivity contribution in [3.8, 4) is 0 Å². The van der Waals surface area contributed by atoms with Crippen LogP contribution in [0.4, 0.5) is 10.6 Å². The van der Waals surface area contributed by atoms with E-state index in [-0.39, 0.29) is 11.8 Å². The molecule has 2 amide bonds. The first-order valence-electron chi connectivity index (χ1n) is 4.64. The van der Waals surface area contributed by atoms with E-state index < -0.39 is 0 Å². The third kappa shape index (κ3) is 4.75. The SMILES string of the molecule is CC(=O)CCNC(=O)Nc1ccccn1. The Balaban J connectivity index is 2.28. The highest BCUT2D eigenvalue weighted by molar-refractivity contribution is 5.88. The number of anilines is 1. The lowest BCUT2D eigenvalue weighted by atomic mass is 10.3. The van der Waals surface area contributed by atoms with Gasteiger partial charge in [0.05, 0.1) is 0 Å². The van der Waals surface area contributed by atoms with E-state index in [0.717, 1.165) is 0 Å². The van der Waals surface area contributed by atoms with Crippen LogP contribution in [0, 0.1) is 0 Å². The van der Waals surface area contributed by atoms with Crippen molar-refractivity contribution in [2.75, 3.05) is 11.9 Å². The molecule has 0 saturated carbocycles. The summed E-state index contributed by atoms with van der Waals surface area (Å²) in [6, 6.07) is 4.87. The van der Waals surface area contributed by atoms with Crippen LogP contribution in [0.15, 0.2) is 24.4 Å². The lowest BCUT2D eigenvalue weighted by Crippen LogP contribution is -2.30. The molecule has 0 spiro atoms. The quantitative estimate of drug-likeness (QED) is 0.778. The molecule has 15 heavy (non-hydrogen) atoms. The van der Waals surface area contributed by atoms with Gasteiger partial charge in [0.25, 0.3) is 0 Å². The Morgan fingerprint density at radius 1 is 1.40 bits per heavy atom. The van der Waals surface area contributed by atoms with Gasteiger partial charge in [0, 0.05) is 19.2 Å². The predicted molar refractivity (Wildman–Crippen MR) is 56.6 cm³/mol. The number of carbonyl (C=O) groups is 2. The summed E-state index contributed by atoms with van der Waals surface area (Å²) in [6.45, 7) is 1.83. The number of nitrogens with one attached hydrogen (secondary N) is 2. The van der Waals surface area contributed by atoms with E-state index >= 15 is 0 Å². The first kappa shape index (κ1) is 11.2. The Morgan fingerprint density at radius 3 is 2.80 bits per heavy atom. The standard InChI is InChI=1S/C10H13N3O2/c1-8(14)5-7-12-10(15)13-9-4-2-3-6-11-9/h2-4,6H,5,7H2,1H3,(H2,11,12,13,15). The second-order valence-corrected chi connectivity index (χ2v) is 3.05. The third-order valence-corrected chi connectivity index (χ3v) is 1.67. The smallest absolute Gasteiger partial charge is 0.320 e. The van der Waals surface area contributed by atoms with Crippen molar-refractivity contribution < 1.29 is 9.59 Å². The van der Waals surface area contributed by atoms with Crippen molar-refractivity contribution >= 4 is 17.6 Å². The fourth-order valence-corrected chi connectivity index (χ4v) is 0.949. The second kappa shape index (κ2) is 5.74. The molecule has 0 radical (unpaired) electrons. The Bertz CT molecular complexity index is 338. The third-order valence-electron chi connectivity index (χ3n) is 1.67. The molecule has 1 heterocycles. The number of aromatic nitrogens is 1. The molecule has 0 saturated heterocycles. The number of carbonyl (C=O) groups excluding carboxylic acids is 2. The number of urea groups is 1. The van der Waals surface area contributed by atoms with E-state index in [1.165, 1.54) is 6.92 Å². The molecule has 5 nitrogen and oxygen atoms in total. The van der Waals surface area contributed by atoms with E-state index in [9.17, 15) is 9.59 Å². The maximum absolute atomic E-state index is 11.2. The summed E-state index contributed by atoms with van der Waals surface area (Å²) >= 11 is 0. The molecule has 0 aromatic carbocycles. The lowest BCUT2D eigenvalue weighted by Gasteiger charge is -2.05. The zero-order chi connectivity index (χ0) is 11.1. The number of amides is 2. The molecule has 0 bridgehead atoms. The summed E-state index contributed by atoms with van der Waals surface area (Å²) in [5.74, 6) is 0.533. The highest BCUT2D eigenvalue weighted by Gasteiger charge is 2.01. The molecule has 0 atom stereocenters. The van der Waals surface area contributed by atoms with E-state index in [2.05, 4.69) is 15.6 Å². The molecular formula is C10H13N3O2.